The van der Waals surface area contributed by atoms with Crippen molar-refractivity contribution in [2.45, 2.75) is 39.0 Å². The molecule has 0 spiro atoms. The van der Waals surface area contributed by atoms with Gasteiger partial charge in [0, 0.05) is 30.8 Å². The number of aryl methyl sites for hydroxylation is 2. The number of rotatable bonds is 6. The van der Waals surface area contributed by atoms with E-state index < -0.39 is 6.10 Å². The molecule has 1 aliphatic heterocycles. The highest BCUT2D eigenvalue weighted by Crippen LogP contribution is 2.29. The number of nitrogens with zero attached hydrogens (tertiary/aromatic N) is 1. The van der Waals surface area contributed by atoms with Crippen LogP contribution in [0.15, 0.2) is 82.2 Å². The summed E-state index contributed by atoms with van der Waals surface area (Å²) in [6.07, 6.45) is 2.51. The largest absolute Gasteiger partial charge is 0.492 e. The molecule has 0 aliphatic carbocycles. The lowest BCUT2D eigenvalue weighted by atomic mass is 9.99. The van der Waals surface area contributed by atoms with Crippen LogP contribution in [-0.4, -0.2) is 23.2 Å². The maximum atomic E-state index is 13.1. The zero-order chi connectivity index (χ0) is 23.5. The summed E-state index contributed by atoms with van der Waals surface area (Å²) in [5.74, 6) is 0.836. The van der Waals surface area contributed by atoms with Gasteiger partial charge in [0.1, 0.15) is 17.9 Å². The minimum Gasteiger partial charge on any atom is -0.492 e. The molecule has 1 aromatic heterocycles. The van der Waals surface area contributed by atoms with Crippen molar-refractivity contribution >= 4 is 11.0 Å². The van der Waals surface area contributed by atoms with Crippen LogP contribution in [0.1, 0.15) is 40.3 Å². The van der Waals surface area contributed by atoms with Crippen LogP contribution >= 0.6 is 0 Å². The highest BCUT2D eigenvalue weighted by Gasteiger charge is 2.19. The average molecular weight is 456 g/mol. The van der Waals surface area contributed by atoms with Gasteiger partial charge in [-0.05, 0) is 55.2 Å². The second-order valence-electron chi connectivity index (χ2n) is 9.06. The van der Waals surface area contributed by atoms with E-state index in [-0.39, 0.29) is 5.43 Å². The van der Waals surface area contributed by atoms with Crippen LogP contribution in [0.3, 0.4) is 0 Å². The predicted octanol–water partition coefficient (Wildman–Crippen LogP) is 5.16. The first-order valence-corrected chi connectivity index (χ1v) is 11.8. The summed E-state index contributed by atoms with van der Waals surface area (Å²) in [6.45, 7) is 4.34. The lowest BCUT2D eigenvalue weighted by Crippen LogP contribution is -2.28. The fourth-order valence-electron chi connectivity index (χ4n) is 4.56. The first-order chi connectivity index (χ1) is 16.6. The van der Waals surface area contributed by atoms with Crippen molar-refractivity contribution in [1.82, 2.24) is 4.90 Å². The van der Waals surface area contributed by atoms with Crippen molar-refractivity contribution < 1.29 is 14.3 Å². The van der Waals surface area contributed by atoms with E-state index in [0.717, 1.165) is 28.9 Å². The second-order valence-corrected chi connectivity index (χ2v) is 9.06. The number of benzene rings is 3. The van der Waals surface area contributed by atoms with Crippen LogP contribution in [0.2, 0.25) is 0 Å². The van der Waals surface area contributed by atoms with Crippen LogP contribution in [0.5, 0.6) is 5.75 Å². The maximum Gasteiger partial charge on any atom is 0.197 e. The van der Waals surface area contributed by atoms with Gasteiger partial charge >= 0.3 is 0 Å². The second kappa shape index (κ2) is 9.84. The minimum absolute atomic E-state index is 0.0143. The van der Waals surface area contributed by atoms with Gasteiger partial charge in [0.25, 0.3) is 0 Å². The Hall–Kier alpha value is -3.41. The van der Waals surface area contributed by atoms with Gasteiger partial charge in [-0.3, -0.25) is 9.69 Å². The Morgan fingerprint density at radius 2 is 1.91 bits per heavy atom. The Bertz CT molecular complexity index is 1350. The van der Waals surface area contributed by atoms with E-state index in [1.807, 2.05) is 61.5 Å². The molecular formula is C29H29NO4. The van der Waals surface area contributed by atoms with Crippen LogP contribution in [0.4, 0.5) is 0 Å². The van der Waals surface area contributed by atoms with Gasteiger partial charge in [-0.25, -0.2) is 0 Å². The summed E-state index contributed by atoms with van der Waals surface area (Å²) >= 11 is 0. The number of ether oxygens (including phenoxy) is 1. The van der Waals surface area contributed by atoms with Crippen molar-refractivity contribution in [3.05, 3.63) is 111 Å². The third-order valence-corrected chi connectivity index (χ3v) is 6.47. The van der Waals surface area contributed by atoms with Crippen molar-refractivity contribution in [2.75, 3.05) is 13.2 Å². The molecule has 1 N–H and O–H groups in total. The molecule has 4 aromatic rings. The van der Waals surface area contributed by atoms with E-state index in [0.29, 0.717) is 49.2 Å². The number of aliphatic hydroxyl groups excluding tert-OH is 1. The summed E-state index contributed by atoms with van der Waals surface area (Å²) < 4.78 is 11.7. The van der Waals surface area contributed by atoms with E-state index in [2.05, 4.69) is 17.0 Å². The topological polar surface area (TPSA) is 62.9 Å². The maximum absolute atomic E-state index is 13.1. The number of fused-ring (bicyclic) bond motifs is 2. The van der Waals surface area contributed by atoms with Gasteiger partial charge in [-0.15, -0.1) is 0 Å². The first kappa shape index (κ1) is 22.4. The predicted molar refractivity (Wildman–Crippen MR) is 133 cm³/mol. The van der Waals surface area contributed by atoms with E-state index in [1.54, 1.807) is 6.26 Å². The SMILES string of the molecule is Cc1ccc2occ(CN3CCOc4ccc([C@H](O)CCc5ccccc5)cc4C3)c(=O)c2c1. The molecule has 34 heavy (non-hydrogen) atoms. The van der Waals surface area contributed by atoms with Gasteiger partial charge in [0.15, 0.2) is 5.43 Å². The quantitative estimate of drug-likeness (QED) is 0.435. The summed E-state index contributed by atoms with van der Waals surface area (Å²) in [5.41, 5.74) is 5.43. The van der Waals surface area contributed by atoms with Crippen LogP contribution in [0, 0.1) is 6.92 Å². The van der Waals surface area contributed by atoms with Crippen molar-refractivity contribution in [1.29, 1.82) is 0 Å². The molecule has 0 fully saturated rings. The lowest BCUT2D eigenvalue weighted by Gasteiger charge is -2.19. The molecule has 3 aromatic carbocycles. The summed E-state index contributed by atoms with van der Waals surface area (Å²) in [5, 5.41) is 11.4. The zero-order valence-corrected chi connectivity index (χ0v) is 19.4. The molecule has 0 saturated heterocycles. The summed E-state index contributed by atoms with van der Waals surface area (Å²) in [4.78, 5) is 15.3. The average Bonchev–Trinajstić information content (AvgIpc) is 3.06. The van der Waals surface area contributed by atoms with E-state index in [4.69, 9.17) is 9.15 Å². The van der Waals surface area contributed by atoms with Gasteiger partial charge in [-0.1, -0.05) is 48.0 Å². The van der Waals surface area contributed by atoms with Gasteiger partial charge in [0.05, 0.1) is 17.8 Å². The Balaban J connectivity index is 1.32. The molecule has 0 bridgehead atoms. The van der Waals surface area contributed by atoms with Gasteiger partial charge in [0.2, 0.25) is 0 Å². The lowest BCUT2D eigenvalue weighted by molar-refractivity contribution is 0.167. The van der Waals surface area contributed by atoms with Gasteiger partial charge < -0.3 is 14.3 Å². The fourth-order valence-corrected chi connectivity index (χ4v) is 4.56. The van der Waals surface area contributed by atoms with Crippen LogP contribution in [0.25, 0.3) is 11.0 Å². The normalized spacial score (nSPS) is 14.9. The molecule has 0 unspecified atom stereocenters. The van der Waals surface area contributed by atoms with Crippen molar-refractivity contribution in [2.24, 2.45) is 0 Å². The van der Waals surface area contributed by atoms with Gasteiger partial charge in [-0.2, -0.15) is 0 Å². The Morgan fingerprint density at radius 1 is 1.06 bits per heavy atom. The standard InChI is InChI=1S/C29H29NO4/c1-20-7-11-28-25(15-20)29(32)24(19-34-28)18-30-13-14-33-27-12-9-22(16-23(27)17-30)26(31)10-8-21-5-3-2-4-6-21/h2-7,9,11-12,15-16,19,26,31H,8,10,13-14,17-18H2,1H3/t26-/m1/s1. The third kappa shape index (κ3) is 4.91. The summed E-state index contributed by atoms with van der Waals surface area (Å²) in [7, 11) is 0. The number of hydrogen-bond acceptors (Lipinski definition) is 5. The molecule has 0 radical (unpaired) electrons. The fraction of sp³-hybridized carbons (Fsp3) is 0.276. The van der Waals surface area contributed by atoms with Crippen molar-refractivity contribution in [3.8, 4) is 5.75 Å². The molecule has 0 amide bonds. The summed E-state index contributed by atoms with van der Waals surface area (Å²) in [6, 6.07) is 21.8. The van der Waals surface area contributed by atoms with Crippen LogP contribution < -0.4 is 10.2 Å². The van der Waals surface area contributed by atoms with Crippen molar-refractivity contribution in [3.63, 3.8) is 0 Å². The number of aliphatic hydroxyl groups is 1. The molecule has 174 valence electrons. The minimum atomic E-state index is -0.544. The number of hydrogen-bond donors (Lipinski definition) is 1. The Labute approximate surface area is 199 Å². The molecule has 5 nitrogen and oxygen atoms in total. The molecular weight excluding hydrogens is 426 g/mol. The van der Waals surface area contributed by atoms with E-state index in [1.165, 1.54) is 5.56 Å². The highest BCUT2D eigenvalue weighted by atomic mass is 16.5. The molecule has 5 heteroatoms. The molecule has 1 atom stereocenters. The highest BCUT2D eigenvalue weighted by molar-refractivity contribution is 5.77. The zero-order valence-electron chi connectivity index (χ0n) is 19.4. The monoisotopic (exact) mass is 455 g/mol. The third-order valence-electron chi connectivity index (χ3n) is 6.47. The Kier molecular flexibility index (Phi) is 6.48. The van der Waals surface area contributed by atoms with E-state index in [9.17, 15) is 9.90 Å². The molecule has 2 heterocycles. The first-order valence-electron chi connectivity index (χ1n) is 11.8. The van der Waals surface area contributed by atoms with Crippen LogP contribution in [-0.2, 0) is 19.5 Å². The molecule has 5 rings (SSSR count). The molecule has 0 saturated carbocycles. The van der Waals surface area contributed by atoms with E-state index >= 15 is 0 Å². The smallest absolute Gasteiger partial charge is 0.197 e. The Morgan fingerprint density at radius 3 is 2.76 bits per heavy atom. The molecule has 1 aliphatic rings.